The second-order valence-corrected chi connectivity index (χ2v) is 8.06. The second kappa shape index (κ2) is 6.09. The minimum Gasteiger partial charge on any atom is -0.337 e. The SMILES string of the molecule is Cc1ccc(C(c2ccc3c(c2)Nc2nccnc2S3)C2CC2)c(F)c1. The maximum atomic E-state index is 14.7. The van der Waals surface area contributed by atoms with Crippen molar-refractivity contribution in [1.29, 1.82) is 0 Å². The van der Waals surface area contributed by atoms with Crippen LogP contribution in [0, 0.1) is 18.7 Å². The Hall–Kier alpha value is -2.40. The number of aromatic nitrogens is 2. The van der Waals surface area contributed by atoms with Crippen molar-refractivity contribution in [2.45, 2.75) is 35.6 Å². The van der Waals surface area contributed by atoms with E-state index in [4.69, 9.17) is 0 Å². The van der Waals surface area contributed by atoms with Crippen LogP contribution in [0.5, 0.6) is 0 Å². The summed E-state index contributed by atoms with van der Waals surface area (Å²) in [6, 6.07) is 12.0. The summed E-state index contributed by atoms with van der Waals surface area (Å²) < 4.78 is 14.7. The van der Waals surface area contributed by atoms with Crippen LogP contribution in [0.15, 0.2) is 58.7 Å². The fourth-order valence-corrected chi connectivity index (χ4v) is 4.54. The Bertz CT molecular complexity index is 1000. The van der Waals surface area contributed by atoms with E-state index >= 15 is 0 Å². The maximum Gasteiger partial charge on any atom is 0.163 e. The highest BCUT2D eigenvalue weighted by molar-refractivity contribution is 7.99. The number of anilines is 2. The van der Waals surface area contributed by atoms with Crippen LogP contribution in [-0.4, -0.2) is 9.97 Å². The third-order valence-corrected chi connectivity index (χ3v) is 6.14. The van der Waals surface area contributed by atoms with Gasteiger partial charge < -0.3 is 5.32 Å². The van der Waals surface area contributed by atoms with Crippen LogP contribution in [0.3, 0.4) is 0 Å². The molecule has 26 heavy (non-hydrogen) atoms. The Kier molecular flexibility index (Phi) is 3.71. The van der Waals surface area contributed by atoms with Crippen molar-refractivity contribution in [3.8, 4) is 0 Å². The molecular weight excluding hydrogens is 345 g/mol. The van der Waals surface area contributed by atoms with Crippen LogP contribution in [0.4, 0.5) is 15.9 Å². The molecule has 5 rings (SSSR count). The van der Waals surface area contributed by atoms with Crippen molar-refractivity contribution < 1.29 is 4.39 Å². The van der Waals surface area contributed by atoms with E-state index in [0.29, 0.717) is 5.92 Å². The van der Waals surface area contributed by atoms with E-state index in [0.717, 1.165) is 51.0 Å². The van der Waals surface area contributed by atoms with E-state index in [1.54, 1.807) is 30.2 Å². The number of nitrogens with zero attached hydrogens (tertiary/aromatic N) is 2. The predicted molar refractivity (Wildman–Crippen MR) is 102 cm³/mol. The highest BCUT2D eigenvalue weighted by Crippen LogP contribution is 2.49. The Morgan fingerprint density at radius 2 is 1.96 bits per heavy atom. The lowest BCUT2D eigenvalue weighted by molar-refractivity contribution is 0.578. The lowest BCUT2D eigenvalue weighted by atomic mass is 9.86. The smallest absolute Gasteiger partial charge is 0.163 e. The maximum absolute atomic E-state index is 14.7. The molecule has 1 N–H and O–H groups in total. The number of halogens is 1. The molecule has 0 radical (unpaired) electrons. The highest BCUT2D eigenvalue weighted by atomic mass is 32.2. The van der Waals surface area contributed by atoms with Crippen molar-refractivity contribution in [3.05, 3.63) is 71.3 Å². The molecule has 5 heteroatoms. The fourth-order valence-electron chi connectivity index (χ4n) is 3.66. The molecule has 3 nitrogen and oxygen atoms in total. The van der Waals surface area contributed by atoms with E-state index in [2.05, 4.69) is 33.5 Å². The molecular formula is C21H18FN3S. The van der Waals surface area contributed by atoms with Gasteiger partial charge in [0.15, 0.2) is 5.82 Å². The lowest BCUT2D eigenvalue weighted by Crippen LogP contribution is -2.09. The molecule has 1 aliphatic carbocycles. The molecule has 1 fully saturated rings. The van der Waals surface area contributed by atoms with E-state index in [1.165, 1.54) is 0 Å². The van der Waals surface area contributed by atoms with E-state index in [1.807, 2.05) is 19.1 Å². The van der Waals surface area contributed by atoms with E-state index in [9.17, 15) is 4.39 Å². The molecule has 2 aromatic carbocycles. The average Bonchev–Trinajstić information content (AvgIpc) is 3.47. The normalized spacial score (nSPS) is 16.4. The number of aryl methyl sites for hydroxylation is 1. The van der Waals surface area contributed by atoms with Gasteiger partial charge in [-0.2, -0.15) is 0 Å². The first-order valence-corrected chi connectivity index (χ1v) is 9.66. The summed E-state index contributed by atoms with van der Waals surface area (Å²) in [4.78, 5) is 9.86. The number of benzene rings is 2. The summed E-state index contributed by atoms with van der Waals surface area (Å²) >= 11 is 1.62. The second-order valence-electron chi connectivity index (χ2n) is 7.03. The molecule has 0 amide bonds. The monoisotopic (exact) mass is 363 g/mol. The topological polar surface area (TPSA) is 37.8 Å². The van der Waals surface area contributed by atoms with Crippen LogP contribution in [-0.2, 0) is 0 Å². The molecule has 2 heterocycles. The molecule has 1 aliphatic heterocycles. The molecule has 1 aromatic heterocycles. The molecule has 0 saturated heterocycles. The Balaban J connectivity index is 1.55. The number of nitrogens with one attached hydrogen (secondary N) is 1. The molecule has 1 saturated carbocycles. The van der Waals surface area contributed by atoms with Crippen LogP contribution < -0.4 is 5.32 Å². The van der Waals surface area contributed by atoms with Crippen molar-refractivity contribution in [2.75, 3.05) is 5.32 Å². The van der Waals surface area contributed by atoms with Gasteiger partial charge in [0.05, 0.1) is 5.69 Å². The van der Waals surface area contributed by atoms with Crippen LogP contribution >= 0.6 is 11.8 Å². The third-order valence-electron chi connectivity index (χ3n) is 5.07. The first-order valence-electron chi connectivity index (χ1n) is 8.85. The van der Waals surface area contributed by atoms with Gasteiger partial charge in [-0.15, -0.1) is 0 Å². The summed E-state index contributed by atoms with van der Waals surface area (Å²) in [5.41, 5.74) is 3.95. The van der Waals surface area contributed by atoms with E-state index < -0.39 is 0 Å². The number of rotatable bonds is 3. The Labute approximate surface area is 156 Å². The summed E-state index contributed by atoms with van der Waals surface area (Å²) in [6.45, 7) is 1.93. The quantitative estimate of drug-likeness (QED) is 0.508. The van der Waals surface area contributed by atoms with Gasteiger partial charge in [-0.05, 0) is 60.6 Å². The molecule has 1 atom stereocenters. The zero-order valence-electron chi connectivity index (χ0n) is 14.4. The first kappa shape index (κ1) is 15.8. The van der Waals surface area contributed by atoms with Crippen LogP contribution in [0.25, 0.3) is 0 Å². The molecule has 3 aromatic rings. The zero-order chi connectivity index (χ0) is 17.7. The third kappa shape index (κ3) is 2.76. The Morgan fingerprint density at radius 1 is 1.12 bits per heavy atom. The highest BCUT2D eigenvalue weighted by Gasteiger charge is 2.35. The van der Waals surface area contributed by atoms with Gasteiger partial charge >= 0.3 is 0 Å². The van der Waals surface area contributed by atoms with Crippen molar-refractivity contribution in [2.24, 2.45) is 5.92 Å². The zero-order valence-corrected chi connectivity index (χ0v) is 15.2. The number of fused-ring (bicyclic) bond motifs is 2. The summed E-state index contributed by atoms with van der Waals surface area (Å²) in [5, 5.41) is 4.27. The Morgan fingerprint density at radius 3 is 2.77 bits per heavy atom. The van der Waals surface area contributed by atoms with Crippen LogP contribution in [0.1, 0.15) is 35.4 Å². The number of hydrogen-bond donors (Lipinski definition) is 1. The first-order chi connectivity index (χ1) is 12.7. The lowest BCUT2D eigenvalue weighted by Gasteiger charge is -2.23. The van der Waals surface area contributed by atoms with Crippen LogP contribution in [0.2, 0.25) is 0 Å². The number of hydrogen-bond acceptors (Lipinski definition) is 4. The van der Waals surface area contributed by atoms with E-state index in [-0.39, 0.29) is 11.7 Å². The van der Waals surface area contributed by atoms with Crippen molar-refractivity contribution in [3.63, 3.8) is 0 Å². The minimum atomic E-state index is -0.0989. The molecule has 2 aliphatic rings. The molecule has 0 bridgehead atoms. The van der Waals surface area contributed by atoms with Gasteiger partial charge in [-0.1, -0.05) is 30.0 Å². The van der Waals surface area contributed by atoms with Gasteiger partial charge in [0.1, 0.15) is 10.8 Å². The van der Waals surface area contributed by atoms with Gasteiger partial charge in [0.2, 0.25) is 0 Å². The molecule has 1 unspecified atom stereocenters. The minimum absolute atomic E-state index is 0.0989. The summed E-state index contributed by atoms with van der Waals surface area (Å²) in [6.07, 6.45) is 5.71. The summed E-state index contributed by atoms with van der Waals surface area (Å²) in [7, 11) is 0. The van der Waals surface area contributed by atoms with Gasteiger partial charge in [-0.25, -0.2) is 14.4 Å². The fraction of sp³-hybridized carbons (Fsp3) is 0.238. The van der Waals surface area contributed by atoms with Gasteiger partial charge in [0.25, 0.3) is 0 Å². The largest absolute Gasteiger partial charge is 0.337 e. The average molecular weight is 363 g/mol. The van der Waals surface area contributed by atoms with Crippen molar-refractivity contribution >= 4 is 23.3 Å². The predicted octanol–water partition coefficient (Wildman–Crippen LogP) is 5.67. The van der Waals surface area contributed by atoms with Gasteiger partial charge in [-0.3, -0.25) is 0 Å². The standard InChI is InChI=1S/C21H18FN3S/c1-12-2-6-15(16(22)10-12)19(13-3-4-13)14-5-7-18-17(11-14)25-20-21(26-18)24-9-8-23-20/h2,5-11,13,19H,3-4H2,1H3,(H,23,25). The van der Waals surface area contributed by atoms with Gasteiger partial charge in [0, 0.05) is 23.2 Å². The molecule has 0 spiro atoms. The molecule has 130 valence electrons. The van der Waals surface area contributed by atoms with Crippen molar-refractivity contribution in [1.82, 2.24) is 9.97 Å². The summed E-state index contributed by atoms with van der Waals surface area (Å²) in [5.74, 6) is 1.31.